The summed E-state index contributed by atoms with van der Waals surface area (Å²) in [4.78, 5) is 1.76. The third-order valence-corrected chi connectivity index (χ3v) is 4.55. The number of halogens is 4. The smallest absolute Gasteiger partial charge is 0.366 e. The molecular formula is C15H18F4N2. The molecule has 2 fully saturated rings. The van der Waals surface area contributed by atoms with Crippen LogP contribution >= 0.6 is 0 Å². The van der Waals surface area contributed by atoms with Gasteiger partial charge in [-0.2, -0.15) is 13.2 Å². The van der Waals surface area contributed by atoms with Crippen LogP contribution in [0.4, 0.5) is 23.2 Å². The molecule has 3 rings (SSSR count). The van der Waals surface area contributed by atoms with Crippen molar-refractivity contribution in [2.75, 3.05) is 24.5 Å². The van der Waals surface area contributed by atoms with E-state index in [2.05, 4.69) is 5.32 Å². The van der Waals surface area contributed by atoms with Gasteiger partial charge in [-0.3, -0.25) is 0 Å². The molecule has 0 unspecified atom stereocenters. The highest BCUT2D eigenvalue weighted by Gasteiger charge is 2.39. The highest BCUT2D eigenvalue weighted by molar-refractivity contribution is 5.51. The summed E-state index contributed by atoms with van der Waals surface area (Å²) in [6, 6.07) is 2.65. The van der Waals surface area contributed by atoms with Crippen LogP contribution in [0.25, 0.3) is 0 Å². The number of piperazine rings is 1. The van der Waals surface area contributed by atoms with Crippen LogP contribution in [0.3, 0.4) is 0 Å². The molecule has 1 saturated carbocycles. The number of nitrogens with one attached hydrogen (secondary N) is 1. The topological polar surface area (TPSA) is 15.3 Å². The lowest BCUT2D eigenvalue weighted by Crippen LogP contribution is -2.59. The summed E-state index contributed by atoms with van der Waals surface area (Å²) in [5.41, 5.74) is -0.783. The second kappa shape index (κ2) is 5.16. The van der Waals surface area contributed by atoms with Crippen molar-refractivity contribution >= 4 is 5.69 Å². The Morgan fingerprint density at radius 3 is 2.52 bits per heavy atom. The van der Waals surface area contributed by atoms with Gasteiger partial charge >= 0.3 is 6.18 Å². The lowest BCUT2D eigenvalue weighted by molar-refractivity contribution is -0.137. The van der Waals surface area contributed by atoms with E-state index in [0.29, 0.717) is 19.6 Å². The Morgan fingerprint density at radius 1 is 1.14 bits per heavy atom. The minimum Gasteiger partial charge on any atom is -0.366 e. The normalized spacial score (nSPS) is 22.0. The third-order valence-electron chi connectivity index (χ3n) is 4.55. The predicted molar refractivity (Wildman–Crippen MR) is 72.8 cm³/mol. The van der Waals surface area contributed by atoms with Crippen molar-refractivity contribution in [3.05, 3.63) is 29.6 Å². The van der Waals surface area contributed by atoms with Gasteiger partial charge in [0.25, 0.3) is 0 Å². The Balaban J connectivity index is 1.89. The number of alkyl halides is 3. The van der Waals surface area contributed by atoms with E-state index in [-0.39, 0.29) is 11.2 Å². The summed E-state index contributed by atoms with van der Waals surface area (Å²) in [5.74, 6) is -0.585. The maximum Gasteiger partial charge on any atom is 0.416 e. The third kappa shape index (κ3) is 2.86. The lowest BCUT2D eigenvalue weighted by atomic mass is 9.94. The average molecular weight is 302 g/mol. The molecule has 0 amide bonds. The van der Waals surface area contributed by atoms with Gasteiger partial charge in [-0.15, -0.1) is 0 Å². The Hall–Kier alpha value is -1.30. The fourth-order valence-electron chi connectivity index (χ4n) is 3.48. The zero-order valence-electron chi connectivity index (χ0n) is 11.6. The van der Waals surface area contributed by atoms with Gasteiger partial charge in [0, 0.05) is 25.2 Å². The van der Waals surface area contributed by atoms with Gasteiger partial charge in [-0.1, -0.05) is 12.8 Å². The summed E-state index contributed by atoms with van der Waals surface area (Å²) >= 11 is 0. The molecule has 1 aliphatic carbocycles. The Kier molecular flexibility index (Phi) is 3.59. The molecule has 6 heteroatoms. The molecular weight excluding hydrogens is 284 g/mol. The molecule has 116 valence electrons. The number of rotatable bonds is 1. The highest BCUT2D eigenvalue weighted by Crippen LogP contribution is 2.36. The minimum absolute atomic E-state index is 0.0566. The van der Waals surface area contributed by atoms with E-state index in [9.17, 15) is 17.6 Å². The van der Waals surface area contributed by atoms with Gasteiger partial charge in [0.1, 0.15) is 5.82 Å². The van der Waals surface area contributed by atoms with Crippen LogP contribution in [0.15, 0.2) is 18.2 Å². The van der Waals surface area contributed by atoms with Crippen molar-refractivity contribution in [2.24, 2.45) is 0 Å². The molecule has 1 aliphatic heterocycles. The zero-order chi connectivity index (χ0) is 15.1. The fourth-order valence-corrected chi connectivity index (χ4v) is 3.48. The van der Waals surface area contributed by atoms with Crippen molar-refractivity contribution in [1.82, 2.24) is 5.32 Å². The van der Waals surface area contributed by atoms with Gasteiger partial charge in [0.15, 0.2) is 0 Å². The maximum atomic E-state index is 14.0. The van der Waals surface area contributed by atoms with Crippen LogP contribution < -0.4 is 10.2 Å². The second-order valence-corrected chi connectivity index (χ2v) is 6.00. The van der Waals surface area contributed by atoms with Crippen molar-refractivity contribution in [3.8, 4) is 0 Å². The standard InChI is InChI=1S/C15H18F4N2/c16-12-4-3-11(15(17,18)19)9-13(12)21-8-7-20-14(10-21)5-1-2-6-14/h3-4,9,20H,1-2,5-8,10H2. The monoisotopic (exact) mass is 302 g/mol. The zero-order valence-corrected chi connectivity index (χ0v) is 11.6. The molecule has 0 radical (unpaired) electrons. The molecule has 1 aromatic carbocycles. The summed E-state index contributed by atoms with van der Waals surface area (Å²) in [7, 11) is 0. The lowest BCUT2D eigenvalue weighted by Gasteiger charge is -2.42. The van der Waals surface area contributed by atoms with Crippen molar-refractivity contribution < 1.29 is 17.6 Å². The second-order valence-electron chi connectivity index (χ2n) is 6.00. The van der Waals surface area contributed by atoms with Crippen molar-refractivity contribution in [3.63, 3.8) is 0 Å². The maximum absolute atomic E-state index is 14.0. The first-order valence-electron chi connectivity index (χ1n) is 7.26. The predicted octanol–water partition coefficient (Wildman–Crippen LogP) is 3.57. The van der Waals surface area contributed by atoms with E-state index >= 15 is 0 Å². The summed E-state index contributed by atoms with van der Waals surface area (Å²) in [6.07, 6.45) is -0.201. The van der Waals surface area contributed by atoms with E-state index in [4.69, 9.17) is 0 Å². The van der Waals surface area contributed by atoms with Gasteiger partial charge in [0.05, 0.1) is 11.3 Å². The molecule has 1 saturated heterocycles. The molecule has 0 aromatic heterocycles. The molecule has 0 bridgehead atoms. The number of nitrogens with zero attached hydrogens (tertiary/aromatic N) is 1. The molecule has 0 atom stereocenters. The molecule has 1 heterocycles. The van der Waals surface area contributed by atoms with E-state index in [1.54, 1.807) is 4.90 Å². The van der Waals surface area contributed by atoms with E-state index in [0.717, 1.165) is 43.9 Å². The number of hydrogen-bond donors (Lipinski definition) is 1. The first kappa shape index (κ1) is 14.6. The molecule has 21 heavy (non-hydrogen) atoms. The van der Waals surface area contributed by atoms with Crippen molar-refractivity contribution in [2.45, 2.75) is 37.4 Å². The van der Waals surface area contributed by atoms with Crippen LogP contribution in [0.5, 0.6) is 0 Å². The van der Waals surface area contributed by atoms with E-state index < -0.39 is 17.6 Å². The van der Waals surface area contributed by atoms with Crippen LogP contribution in [0, 0.1) is 5.82 Å². The first-order valence-corrected chi connectivity index (χ1v) is 7.26. The number of anilines is 1. The molecule has 1 N–H and O–H groups in total. The minimum atomic E-state index is -4.44. The summed E-state index contributed by atoms with van der Waals surface area (Å²) in [6.45, 7) is 1.78. The van der Waals surface area contributed by atoms with Crippen molar-refractivity contribution in [1.29, 1.82) is 0 Å². The Labute approximate surface area is 121 Å². The average Bonchev–Trinajstić information content (AvgIpc) is 2.86. The molecule has 1 spiro atoms. The molecule has 2 aliphatic rings. The van der Waals surface area contributed by atoms with Crippen LogP contribution in [0.2, 0.25) is 0 Å². The van der Waals surface area contributed by atoms with Gasteiger partial charge in [-0.05, 0) is 31.0 Å². The van der Waals surface area contributed by atoms with Crippen LogP contribution in [-0.4, -0.2) is 25.2 Å². The first-order chi connectivity index (χ1) is 9.90. The van der Waals surface area contributed by atoms with Crippen LogP contribution in [0.1, 0.15) is 31.2 Å². The summed E-state index contributed by atoms with van der Waals surface area (Å²) in [5, 5.41) is 3.47. The van der Waals surface area contributed by atoms with Gasteiger partial charge < -0.3 is 10.2 Å². The number of benzene rings is 1. The van der Waals surface area contributed by atoms with Gasteiger partial charge in [0.2, 0.25) is 0 Å². The highest BCUT2D eigenvalue weighted by atomic mass is 19.4. The largest absolute Gasteiger partial charge is 0.416 e. The molecule has 1 aromatic rings. The SMILES string of the molecule is Fc1ccc(C(F)(F)F)cc1N1CCNC2(CCCC2)C1. The van der Waals surface area contributed by atoms with Gasteiger partial charge in [-0.25, -0.2) is 4.39 Å². The number of hydrogen-bond acceptors (Lipinski definition) is 2. The van der Waals surface area contributed by atoms with Crippen LogP contribution in [-0.2, 0) is 6.18 Å². The van der Waals surface area contributed by atoms with E-state index in [1.807, 2.05) is 0 Å². The quantitative estimate of drug-likeness (QED) is 0.798. The fraction of sp³-hybridized carbons (Fsp3) is 0.600. The van der Waals surface area contributed by atoms with E-state index in [1.165, 1.54) is 0 Å². The Morgan fingerprint density at radius 2 is 1.86 bits per heavy atom. The summed E-state index contributed by atoms with van der Waals surface area (Å²) < 4.78 is 52.4. The molecule has 2 nitrogen and oxygen atoms in total. The Bertz CT molecular complexity index is 521.